The first-order valence-corrected chi connectivity index (χ1v) is 7.40. The summed E-state index contributed by atoms with van der Waals surface area (Å²) in [5, 5.41) is 16.3. The van der Waals surface area contributed by atoms with Gasteiger partial charge in [0.2, 0.25) is 0 Å². The van der Waals surface area contributed by atoms with E-state index in [9.17, 15) is 4.79 Å². The fourth-order valence-electron chi connectivity index (χ4n) is 2.24. The average molecular weight is 295 g/mol. The molecule has 4 N–H and O–H groups in total. The molecule has 21 heavy (non-hydrogen) atoms. The highest BCUT2D eigenvalue weighted by molar-refractivity contribution is 5.84. The standard InChI is InChI=1S/C14H25N5O2/c1-14(2,3)21-13(20)18-12-10(8-17-19-12)7-16-11-5-4-6-15-9-11/h8,11,15-16H,4-7,9H2,1-3H3,(H2,17,18,19,20). The lowest BCUT2D eigenvalue weighted by Gasteiger charge is -2.24. The Bertz CT molecular complexity index is 460. The lowest BCUT2D eigenvalue weighted by atomic mass is 10.1. The van der Waals surface area contributed by atoms with Crippen molar-refractivity contribution in [2.24, 2.45) is 0 Å². The molecule has 1 fully saturated rings. The molecular formula is C14H25N5O2. The molecule has 7 nitrogen and oxygen atoms in total. The van der Waals surface area contributed by atoms with E-state index < -0.39 is 11.7 Å². The number of hydrogen-bond donors (Lipinski definition) is 4. The van der Waals surface area contributed by atoms with Crippen molar-refractivity contribution in [3.8, 4) is 0 Å². The van der Waals surface area contributed by atoms with Crippen molar-refractivity contribution in [1.29, 1.82) is 0 Å². The Hall–Kier alpha value is -1.60. The molecule has 0 aromatic carbocycles. The smallest absolute Gasteiger partial charge is 0.413 e. The maximum atomic E-state index is 11.8. The van der Waals surface area contributed by atoms with Crippen LogP contribution in [0.4, 0.5) is 10.6 Å². The van der Waals surface area contributed by atoms with Gasteiger partial charge in [-0.15, -0.1) is 0 Å². The van der Waals surface area contributed by atoms with E-state index in [4.69, 9.17) is 4.74 Å². The highest BCUT2D eigenvalue weighted by atomic mass is 16.6. The Morgan fingerprint density at radius 3 is 3.00 bits per heavy atom. The highest BCUT2D eigenvalue weighted by Crippen LogP contribution is 2.14. The van der Waals surface area contributed by atoms with E-state index in [1.165, 1.54) is 12.8 Å². The van der Waals surface area contributed by atoms with Crippen LogP contribution in [0.5, 0.6) is 0 Å². The van der Waals surface area contributed by atoms with Crippen molar-refractivity contribution in [1.82, 2.24) is 20.8 Å². The van der Waals surface area contributed by atoms with Crippen LogP contribution in [0.2, 0.25) is 0 Å². The number of H-pyrrole nitrogens is 1. The van der Waals surface area contributed by atoms with Crippen LogP contribution in [0.1, 0.15) is 39.2 Å². The number of carbonyl (C=O) groups is 1. The van der Waals surface area contributed by atoms with Gasteiger partial charge in [-0.2, -0.15) is 5.10 Å². The molecule has 118 valence electrons. The third kappa shape index (κ3) is 5.35. The molecule has 0 saturated carbocycles. The number of rotatable bonds is 4. The van der Waals surface area contributed by atoms with Gasteiger partial charge in [-0.25, -0.2) is 4.79 Å². The topological polar surface area (TPSA) is 91.1 Å². The van der Waals surface area contributed by atoms with E-state index in [-0.39, 0.29) is 0 Å². The predicted molar refractivity (Wildman–Crippen MR) is 81.2 cm³/mol. The molecule has 1 atom stereocenters. The van der Waals surface area contributed by atoms with E-state index in [0.717, 1.165) is 18.7 Å². The van der Waals surface area contributed by atoms with Gasteiger partial charge in [0, 0.05) is 24.7 Å². The Balaban J connectivity index is 1.84. The van der Waals surface area contributed by atoms with Gasteiger partial charge in [-0.3, -0.25) is 10.4 Å². The number of nitrogens with one attached hydrogen (secondary N) is 4. The monoisotopic (exact) mass is 295 g/mol. The van der Waals surface area contributed by atoms with Crippen LogP contribution in [0, 0.1) is 0 Å². The average Bonchev–Trinajstić information content (AvgIpc) is 2.82. The summed E-state index contributed by atoms with van der Waals surface area (Å²) in [6, 6.07) is 0.461. The van der Waals surface area contributed by atoms with Gasteiger partial charge in [-0.1, -0.05) is 0 Å². The number of amides is 1. The zero-order chi connectivity index (χ0) is 15.3. The Kier molecular flexibility index (Phi) is 5.19. The minimum Gasteiger partial charge on any atom is -0.444 e. The number of nitrogens with zero attached hydrogens (tertiary/aromatic N) is 1. The number of piperidine rings is 1. The zero-order valence-corrected chi connectivity index (χ0v) is 13.0. The van der Waals surface area contributed by atoms with Gasteiger partial charge >= 0.3 is 6.09 Å². The van der Waals surface area contributed by atoms with Crippen LogP contribution in [0.15, 0.2) is 6.20 Å². The number of carbonyl (C=O) groups excluding carboxylic acids is 1. The van der Waals surface area contributed by atoms with Crippen molar-refractivity contribution in [2.75, 3.05) is 18.4 Å². The number of aromatic amines is 1. The van der Waals surface area contributed by atoms with Crippen molar-refractivity contribution < 1.29 is 9.53 Å². The lowest BCUT2D eigenvalue weighted by Crippen LogP contribution is -2.42. The maximum absolute atomic E-state index is 11.8. The molecular weight excluding hydrogens is 270 g/mol. The molecule has 1 amide bonds. The first kappa shape index (κ1) is 15.8. The first-order chi connectivity index (χ1) is 9.94. The van der Waals surface area contributed by atoms with E-state index >= 15 is 0 Å². The van der Waals surface area contributed by atoms with Crippen molar-refractivity contribution >= 4 is 11.9 Å². The Labute approximate surface area is 125 Å². The number of ether oxygens (including phenoxy) is 1. The summed E-state index contributed by atoms with van der Waals surface area (Å²) in [5.41, 5.74) is 0.405. The molecule has 1 aliphatic heterocycles. The largest absolute Gasteiger partial charge is 0.444 e. The lowest BCUT2D eigenvalue weighted by molar-refractivity contribution is 0.0635. The number of aromatic nitrogens is 2. The SMILES string of the molecule is CC(C)(C)OC(=O)Nc1[nH]ncc1CNC1CCCNC1. The van der Waals surface area contributed by atoms with Crippen LogP contribution >= 0.6 is 0 Å². The number of hydrogen-bond acceptors (Lipinski definition) is 5. The second-order valence-corrected chi connectivity index (χ2v) is 6.32. The van der Waals surface area contributed by atoms with Gasteiger partial charge in [-0.05, 0) is 40.2 Å². The van der Waals surface area contributed by atoms with Gasteiger partial charge in [0.15, 0.2) is 0 Å². The van der Waals surface area contributed by atoms with Crippen LogP contribution in [-0.2, 0) is 11.3 Å². The van der Waals surface area contributed by atoms with Crippen molar-refractivity contribution in [2.45, 2.75) is 51.8 Å². The molecule has 2 heterocycles. The molecule has 0 bridgehead atoms. The maximum Gasteiger partial charge on any atom is 0.413 e. The zero-order valence-electron chi connectivity index (χ0n) is 13.0. The quantitative estimate of drug-likeness (QED) is 0.677. The second kappa shape index (κ2) is 6.91. The summed E-state index contributed by atoms with van der Waals surface area (Å²) in [6.45, 7) is 8.23. The first-order valence-electron chi connectivity index (χ1n) is 7.40. The van der Waals surface area contributed by atoms with Crippen LogP contribution in [-0.4, -0.2) is 41.0 Å². The van der Waals surface area contributed by atoms with Crippen LogP contribution < -0.4 is 16.0 Å². The Morgan fingerprint density at radius 2 is 2.33 bits per heavy atom. The van der Waals surface area contributed by atoms with Crippen LogP contribution in [0.25, 0.3) is 0 Å². The van der Waals surface area contributed by atoms with E-state index in [1.54, 1.807) is 6.20 Å². The predicted octanol–water partition coefficient (Wildman–Crippen LogP) is 1.60. The normalized spacial score (nSPS) is 19.3. The molecule has 1 aliphatic rings. The minimum absolute atomic E-state index is 0.461. The van der Waals surface area contributed by atoms with E-state index in [2.05, 4.69) is 26.1 Å². The summed E-state index contributed by atoms with van der Waals surface area (Å²) in [6.07, 6.45) is 3.59. The molecule has 0 radical (unpaired) electrons. The van der Waals surface area contributed by atoms with Gasteiger partial charge in [0.05, 0.1) is 6.20 Å². The highest BCUT2D eigenvalue weighted by Gasteiger charge is 2.18. The molecule has 1 unspecified atom stereocenters. The molecule has 1 saturated heterocycles. The summed E-state index contributed by atoms with van der Waals surface area (Å²) in [7, 11) is 0. The summed E-state index contributed by atoms with van der Waals surface area (Å²) < 4.78 is 5.23. The summed E-state index contributed by atoms with van der Waals surface area (Å²) >= 11 is 0. The van der Waals surface area contributed by atoms with E-state index in [1.807, 2.05) is 20.8 Å². The van der Waals surface area contributed by atoms with Gasteiger partial charge in [0.25, 0.3) is 0 Å². The minimum atomic E-state index is -0.518. The van der Waals surface area contributed by atoms with E-state index in [0.29, 0.717) is 18.4 Å². The summed E-state index contributed by atoms with van der Waals surface area (Å²) in [4.78, 5) is 11.8. The molecule has 0 aliphatic carbocycles. The third-order valence-corrected chi connectivity index (χ3v) is 3.22. The fraction of sp³-hybridized carbons (Fsp3) is 0.714. The fourth-order valence-corrected chi connectivity index (χ4v) is 2.24. The van der Waals surface area contributed by atoms with Crippen molar-refractivity contribution in [3.63, 3.8) is 0 Å². The Morgan fingerprint density at radius 1 is 1.52 bits per heavy atom. The molecule has 0 spiro atoms. The molecule has 1 aromatic heterocycles. The summed E-state index contributed by atoms with van der Waals surface area (Å²) in [5.74, 6) is 0.584. The molecule has 2 rings (SSSR count). The molecule has 1 aromatic rings. The van der Waals surface area contributed by atoms with Crippen LogP contribution in [0.3, 0.4) is 0 Å². The van der Waals surface area contributed by atoms with Gasteiger partial charge in [0.1, 0.15) is 11.4 Å². The van der Waals surface area contributed by atoms with Crippen molar-refractivity contribution in [3.05, 3.63) is 11.8 Å². The second-order valence-electron chi connectivity index (χ2n) is 6.32. The third-order valence-electron chi connectivity index (χ3n) is 3.22. The van der Waals surface area contributed by atoms with Gasteiger partial charge < -0.3 is 15.4 Å². The number of anilines is 1. The molecule has 7 heteroatoms.